The van der Waals surface area contributed by atoms with E-state index < -0.39 is 18.2 Å². The van der Waals surface area contributed by atoms with E-state index in [4.69, 9.17) is 5.14 Å². The number of nitrogens with two attached hydrogens (primary N) is 1. The molecule has 1 unspecified atom stereocenters. The zero-order valence-electron chi connectivity index (χ0n) is 10.4. The average Bonchev–Trinajstić information content (AvgIpc) is 2.50. The Morgan fingerprint density at radius 3 is 2.44 bits per heavy atom. The molecule has 1 aromatic heterocycles. The Labute approximate surface area is 103 Å². The van der Waals surface area contributed by atoms with Crippen LogP contribution in [-0.4, -0.2) is 17.4 Å². The van der Waals surface area contributed by atoms with Gasteiger partial charge in [0.05, 0.1) is 0 Å². The molecule has 2 N–H and O–H groups in total. The zero-order chi connectivity index (χ0) is 12.6. The minimum atomic E-state index is -2.81. The number of nitrogens with zero attached hydrogens (tertiary/aromatic N) is 2. The fourth-order valence-electron chi connectivity index (χ4n) is 0.870. The van der Waals surface area contributed by atoms with Gasteiger partial charge >= 0.3 is 0 Å². The molecule has 92 valence electrons. The van der Waals surface area contributed by atoms with E-state index in [0.29, 0.717) is 4.34 Å². The van der Waals surface area contributed by atoms with Gasteiger partial charge in [-0.15, -0.1) is 11.3 Å². The van der Waals surface area contributed by atoms with Crippen LogP contribution in [0.25, 0.3) is 0 Å². The molecule has 0 fully saturated rings. The van der Waals surface area contributed by atoms with Gasteiger partial charge in [-0.05, 0) is 18.1 Å². The van der Waals surface area contributed by atoms with Gasteiger partial charge in [-0.3, -0.25) is 4.03 Å². The Morgan fingerprint density at radius 2 is 2.06 bits per heavy atom. The van der Waals surface area contributed by atoms with Gasteiger partial charge in [-0.1, -0.05) is 20.8 Å². The predicted molar refractivity (Wildman–Crippen MR) is 72.3 cm³/mol. The summed E-state index contributed by atoms with van der Waals surface area (Å²) in [6, 6.07) is 0. The van der Waals surface area contributed by atoms with Crippen molar-refractivity contribution in [3.63, 3.8) is 0 Å². The topological polar surface area (TPSA) is 68.3 Å². The summed E-state index contributed by atoms with van der Waals surface area (Å²) in [5.74, 6) is 0. The summed E-state index contributed by atoms with van der Waals surface area (Å²) >= 11 is 1.30. The molecule has 1 atom stereocenters. The minimum absolute atomic E-state index is 0.0340. The Hall–Kier alpha value is -0.243. The highest BCUT2D eigenvalue weighted by Gasteiger charge is 2.37. The Morgan fingerprint density at radius 1 is 1.50 bits per heavy atom. The third-order valence-corrected chi connectivity index (χ3v) is 11.6. The maximum Gasteiger partial charge on any atom is 0.203 e. The van der Waals surface area contributed by atoms with Crippen molar-refractivity contribution < 1.29 is 4.21 Å². The van der Waals surface area contributed by atoms with Crippen molar-refractivity contribution in [3.05, 3.63) is 11.6 Å². The molecular formula is C9H19N3OS2Si. The Kier molecular flexibility index (Phi) is 3.64. The molecule has 0 aromatic carbocycles. The number of thiazole rings is 1. The lowest BCUT2D eigenvalue weighted by molar-refractivity contribution is 0.675. The van der Waals surface area contributed by atoms with Crippen LogP contribution in [0, 0.1) is 0 Å². The van der Waals surface area contributed by atoms with E-state index in [1.165, 1.54) is 11.3 Å². The molecule has 0 aliphatic carbocycles. The van der Waals surface area contributed by atoms with Crippen molar-refractivity contribution >= 4 is 29.5 Å². The van der Waals surface area contributed by atoms with Crippen molar-refractivity contribution in [3.8, 4) is 0 Å². The van der Waals surface area contributed by atoms with Crippen LogP contribution in [0.5, 0.6) is 0 Å². The molecule has 0 saturated heterocycles. The monoisotopic (exact) mass is 277 g/mol. The van der Waals surface area contributed by atoms with E-state index >= 15 is 0 Å². The van der Waals surface area contributed by atoms with Crippen LogP contribution < -0.4 is 5.14 Å². The van der Waals surface area contributed by atoms with Gasteiger partial charge in [0.2, 0.25) is 4.34 Å². The summed E-state index contributed by atoms with van der Waals surface area (Å²) in [6.07, 6.45) is 1.60. The number of rotatable bonds is 2. The highest BCUT2D eigenvalue weighted by atomic mass is 32.2. The Balaban J connectivity index is 3.25. The second-order valence-corrected chi connectivity index (χ2v) is 13.3. The smallest absolute Gasteiger partial charge is 0.203 e. The van der Waals surface area contributed by atoms with Gasteiger partial charge in [-0.25, -0.2) is 14.3 Å². The van der Waals surface area contributed by atoms with E-state index in [1.807, 2.05) is 0 Å². The lowest BCUT2D eigenvalue weighted by atomic mass is 10.2. The molecule has 7 heteroatoms. The van der Waals surface area contributed by atoms with E-state index in [9.17, 15) is 4.21 Å². The second-order valence-electron chi connectivity index (χ2n) is 5.27. The molecule has 0 bridgehead atoms. The van der Waals surface area contributed by atoms with Crippen LogP contribution in [-0.2, 0) is 9.92 Å². The normalized spacial score (nSPS) is 16.9. The lowest BCUT2D eigenvalue weighted by Gasteiger charge is -2.32. The van der Waals surface area contributed by atoms with Gasteiger partial charge in [0.25, 0.3) is 0 Å². The van der Waals surface area contributed by atoms with E-state index in [-0.39, 0.29) is 5.04 Å². The molecule has 0 amide bonds. The molecule has 4 nitrogen and oxygen atoms in total. The molecular weight excluding hydrogens is 258 g/mol. The van der Waals surface area contributed by atoms with E-state index in [0.717, 1.165) is 0 Å². The van der Waals surface area contributed by atoms with Gasteiger partial charge in [0.15, 0.2) is 18.2 Å². The number of aromatic nitrogens is 1. The number of hydrogen-bond acceptors (Lipinski definition) is 4. The van der Waals surface area contributed by atoms with Crippen LogP contribution >= 0.6 is 11.3 Å². The number of hydrogen-bond donors (Lipinski definition) is 1. The highest BCUT2D eigenvalue weighted by molar-refractivity contribution is 7.94. The second kappa shape index (κ2) is 4.21. The third kappa shape index (κ3) is 2.91. The lowest BCUT2D eigenvalue weighted by Crippen LogP contribution is -2.37. The van der Waals surface area contributed by atoms with Crippen LogP contribution in [0.1, 0.15) is 20.8 Å². The SMILES string of the molecule is CC(C)(C)[Si](C)(C)N=S(N)(=O)c1nccs1. The van der Waals surface area contributed by atoms with Gasteiger partial charge < -0.3 is 0 Å². The van der Waals surface area contributed by atoms with Crippen LogP contribution in [0.2, 0.25) is 18.1 Å². The molecule has 0 spiro atoms. The molecule has 1 rings (SSSR count). The average molecular weight is 277 g/mol. The first-order chi connectivity index (χ1) is 7.06. The summed E-state index contributed by atoms with van der Waals surface area (Å²) in [6.45, 7) is 10.5. The van der Waals surface area contributed by atoms with Gasteiger partial charge in [-0.2, -0.15) is 0 Å². The van der Waals surface area contributed by atoms with Crippen LogP contribution in [0.15, 0.2) is 19.9 Å². The summed E-state index contributed by atoms with van der Waals surface area (Å²) in [5.41, 5.74) is 0. The Bertz CT molecular complexity index is 467. The fourth-order valence-corrected chi connectivity index (χ4v) is 6.62. The fraction of sp³-hybridized carbons (Fsp3) is 0.667. The molecule has 0 saturated carbocycles. The van der Waals surface area contributed by atoms with Crippen molar-refractivity contribution in [1.29, 1.82) is 0 Å². The summed E-state index contributed by atoms with van der Waals surface area (Å²) < 4.78 is 17.2. The van der Waals surface area contributed by atoms with Crippen molar-refractivity contribution in [2.45, 2.75) is 43.2 Å². The standard InChI is InChI=1S/C9H19N3OS2Si/c1-9(2,3)16(4,5)12-15(10,13)8-11-6-7-14-8/h6-7H,1-5H3,(H2,10,12,13). The van der Waals surface area contributed by atoms with Crippen LogP contribution in [0.3, 0.4) is 0 Å². The van der Waals surface area contributed by atoms with E-state index in [2.05, 4.69) is 42.9 Å². The summed E-state index contributed by atoms with van der Waals surface area (Å²) in [7, 11) is -4.82. The molecule has 1 heterocycles. The molecule has 0 aliphatic rings. The van der Waals surface area contributed by atoms with E-state index in [1.54, 1.807) is 11.6 Å². The van der Waals surface area contributed by atoms with Crippen LogP contribution in [0.4, 0.5) is 0 Å². The van der Waals surface area contributed by atoms with Gasteiger partial charge in [0.1, 0.15) is 0 Å². The van der Waals surface area contributed by atoms with Crippen molar-refractivity contribution in [2.24, 2.45) is 9.17 Å². The highest BCUT2D eigenvalue weighted by Crippen LogP contribution is 2.37. The van der Waals surface area contributed by atoms with Gasteiger partial charge in [0, 0.05) is 11.6 Å². The largest absolute Gasteiger partial charge is 0.259 e. The molecule has 16 heavy (non-hydrogen) atoms. The van der Waals surface area contributed by atoms with Crippen molar-refractivity contribution in [2.75, 3.05) is 0 Å². The molecule has 0 aliphatic heterocycles. The maximum absolute atomic E-state index is 12.3. The third-order valence-electron chi connectivity index (χ3n) is 2.86. The zero-order valence-corrected chi connectivity index (χ0v) is 13.0. The quantitative estimate of drug-likeness (QED) is 0.845. The first-order valence-corrected chi connectivity index (χ1v) is 10.4. The van der Waals surface area contributed by atoms with Crippen molar-refractivity contribution in [1.82, 2.24) is 4.98 Å². The minimum Gasteiger partial charge on any atom is -0.259 e. The molecule has 0 radical (unpaired) electrons. The summed E-state index contributed by atoms with van der Waals surface area (Å²) in [5, 5.41) is 7.61. The first-order valence-electron chi connectivity index (χ1n) is 5.02. The first kappa shape index (κ1) is 13.8. The molecule has 1 aromatic rings. The summed E-state index contributed by atoms with van der Waals surface area (Å²) in [4.78, 5) is 4.00. The maximum atomic E-state index is 12.3. The predicted octanol–water partition coefficient (Wildman–Crippen LogP) is 2.85.